The highest BCUT2D eigenvalue weighted by Gasteiger charge is 2.07. The summed E-state index contributed by atoms with van der Waals surface area (Å²) in [6.07, 6.45) is 0.525. The van der Waals surface area contributed by atoms with E-state index in [4.69, 9.17) is 0 Å². The quantitative estimate of drug-likeness (QED) is 0.763. The van der Waals surface area contributed by atoms with Crippen molar-refractivity contribution in [1.29, 1.82) is 0 Å². The van der Waals surface area contributed by atoms with Gasteiger partial charge in [-0.2, -0.15) is 5.10 Å². The number of rotatable bonds is 5. The molecule has 1 aromatic rings. The topological polar surface area (TPSA) is 50.1 Å². The van der Waals surface area contributed by atoms with Crippen LogP contribution in [0.2, 0.25) is 0 Å². The molecule has 4 heteroatoms. The average Bonchev–Trinajstić information content (AvgIpc) is 2.40. The van der Waals surface area contributed by atoms with Crippen LogP contribution in [-0.2, 0) is 13.6 Å². The smallest absolute Gasteiger partial charge is 0.0597 e. The Morgan fingerprint density at radius 1 is 1.53 bits per heavy atom. The molecule has 0 saturated heterocycles. The normalized spacial score (nSPS) is 15.3. The zero-order valence-corrected chi connectivity index (χ0v) is 9.99. The Labute approximate surface area is 91.3 Å². The fourth-order valence-corrected chi connectivity index (χ4v) is 1.70. The van der Waals surface area contributed by atoms with Gasteiger partial charge in [0.25, 0.3) is 0 Å². The molecule has 4 nitrogen and oxygen atoms in total. The summed E-state index contributed by atoms with van der Waals surface area (Å²) in [4.78, 5) is 0. The molecular weight excluding hydrogens is 190 g/mol. The number of nitrogens with zero attached hydrogens (tertiary/aromatic N) is 2. The summed E-state index contributed by atoms with van der Waals surface area (Å²) in [5.74, 6) is 0. The van der Waals surface area contributed by atoms with E-state index in [0.717, 1.165) is 18.7 Å². The molecule has 2 atom stereocenters. The summed E-state index contributed by atoms with van der Waals surface area (Å²) in [7, 11) is 1.95. The van der Waals surface area contributed by atoms with Crippen LogP contribution in [0.3, 0.4) is 0 Å². The summed E-state index contributed by atoms with van der Waals surface area (Å²) in [6.45, 7) is 6.68. The third kappa shape index (κ3) is 4.01. The van der Waals surface area contributed by atoms with Gasteiger partial charge in [0.2, 0.25) is 0 Å². The van der Waals surface area contributed by atoms with Crippen LogP contribution in [0.1, 0.15) is 31.7 Å². The van der Waals surface area contributed by atoms with Gasteiger partial charge in [-0.15, -0.1) is 0 Å². The molecule has 1 aromatic heterocycles. The van der Waals surface area contributed by atoms with Gasteiger partial charge in [0.15, 0.2) is 0 Å². The monoisotopic (exact) mass is 211 g/mol. The second-order valence-corrected chi connectivity index (χ2v) is 4.27. The molecule has 1 rings (SSSR count). The van der Waals surface area contributed by atoms with Crippen molar-refractivity contribution in [3.05, 3.63) is 17.5 Å². The van der Waals surface area contributed by atoms with E-state index in [-0.39, 0.29) is 6.10 Å². The maximum Gasteiger partial charge on any atom is 0.0597 e. The molecule has 15 heavy (non-hydrogen) atoms. The first-order valence-corrected chi connectivity index (χ1v) is 5.40. The van der Waals surface area contributed by atoms with Gasteiger partial charge in [-0.3, -0.25) is 4.68 Å². The Morgan fingerprint density at radius 2 is 2.20 bits per heavy atom. The van der Waals surface area contributed by atoms with E-state index in [1.54, 1.807) is 0 Å². The maximum atomic E-state index is 9.22. The van der Waals surface area contributed by atoms with Gasteiger partial charge in [0.1, 0.15) is 0 Å². The molecule has 0 amide bonds. The van der Waals surface area contributed by atoms with Crippen LogP contribution in [0.5, 0.6) is 0 Å². The van der Waals surface area contributed by atoms with Crippen molar-refractivity contribution in [2.24, 2.45) is 7.05 Å². The molecule has 0 spiro atoms. The van der Waals surface area contributed by atoms with E-state index in [1.807, 2.05) is 25.6 Å². The fraction of sp³-hybridized carbons (Fsp3) is 0.727. The molecule has 0 aliphatic rings. The molecule has 2 unspecified atom stereocenters. The number of hydrogen-bond acceptors (Lipinski definition) is 3. The SMILES string of the molecule is Cc1cc(CNC(C)CC(C)O)n(C)n1. The van der Waals surface area contributed by atoms with Crippen LogP contribution in [0.15, 0.2) is 6.07 Å². The van der Waals surface area contributed by atoms with E-state index < -0.39 is 0 Å². The van der Waals surface area contributed by atoms with Crippen LogP contribution >= 0.6 is 0 Å². The number of aromatic nitrogens is 2. The third-order valence-corrected chi connectivity index (χ3v) is 2.43. The number of nitrogens with one attached hydrogen (secondary N) is 1. The average molecular weight is 211 g/mol. The second kappa shape index (κ2) is 5.28. The minimum atomic E-state index is -0.249. The molecule has 0 bridgehead atoms. The second-order valence-electron chi connectivity index (χ2n) is 4.27. The van der Waals surface area contributed by atoms with Crippen molar-refractivity contribution in [2.45, 2.75) is 45.9 Å². The van der Waals surface area contributed by atoms with Gasteiger partial charge < -0.3 is 10.4 Å². The summed E-state index contributed by atoms with van der Waals surface area (Å²) >= 11 is 0. The van der Waals surface area contributed by atoms with E-state index >= 15 is 0 Å². The Bertz CT molecular complexity index is 307. The number of aliphatic hydroxyl groups excluding tert-OH is 1. The molecule has 0 radical (unpaired) electrons. The highest BCUT2D eigenvalue weighted by molar-refractivity contribution is 5.08. The number of aliphatic hydroxyl groups is 1. The van der Waals surface area contributed by atoms with Gasteiger partial charge in [-0.25, -0.2) is 0 Å². The van der Waals surface area contributed by atoms with Crippen molar-refractivity contribution in [3.8, 4) is 0 Å². The highest BCUT2D eigenvalue weighted by Crippen LogP contribution is 2.03. The van der Waals surface area contributed by atoms with E-state index in [9.17, 15) is 5.11 Å². The molecular formula is C11H21N3O. The van der Waals surface area contributed by atoms with Crippen molar-refractivity contribution in [1.82, 2.24) is 15.1 Å². The Morgan fingerprint density at radius 3 is 2.67 bits per heavy atom. The van der Waals surface area contributed by atoms with Crippen LogP contribution in [-0.4, -0.2) is 27.0 Å². The van der Waals surface area contributed by atoms with Crippen molar-refractivity contribution >= 4 is 0 Å². The Hall–Kier alpha value is -0.870. The molecule has 0 aliphatic heterocycles. The summed E-state index contributed by atoms with van der Waals surface area (Å²) in [5.41, 5.74) is 2.21. The third-order valence-electron chi connectivity index (χ3n) is 2.43. The zero-order chi connectivity index (χ0) is 11.4. The lowest BCUT2D eigenvalue weighted by Gasteiger charge is -2.15. The molecule has 2 N–H and O–H groups in total. The Balaban J connectivity index is 2.40. The molecule has 0 saturated carbocycles. The maximum absolute atomic E-state index is 9.22. The first-order valence-electron chi connectivity index (χ1n) is 5.40. The minimum Gasteiger partial charge on any atom is -0.393 e. The summed E-state index contributed by atoms with van der Waals surface area (Å²) in [5, 5.41) is 16.9. The van der Waals surface area contributed by atoms with Crippen molar-refractivity contribution in [2.75, 3.05) is 0 Å². The predicted molar refractivity (Wildman–Crippen MR) is 60.5 cm³/mol. The molecule has 1 heterocycles. The van der Waals surface area contributed by atoms with Gasteiger partial charge in [0, 0.05) is 19.6 Å². The van der Waals surface area contributed by atoms with Crippen LogP contribution in [0, 0.1) is 6.92 Å². The number of hydrogen-bond donors (Lipinski definition) is 2. The lowest BCUT2D eigenvalue weighted by atomic mass is 10.1. The highest BCUT2D eigenvalue weighted by atomic mass is 16.3. The van der Waals surface area contributed by atoms with Crippen LogP contribution < -0.4 is 5.32 Å². The van der Waals surface area contributed by atoms with E-state index in [1.165, 1.54) is 5.69 Å². The van der Waals surface area contributed by atoms with Crippen molar-refractivity contribution < 1.29 is 5.11 Å². The zero-order valence-electron chi connectivity index (χ0n) is 9.99. The lowest BCUT2D eigenvalue weighted by Crippen LogP contribution is -2.29. The largest absolute Gasteiger partial charge is 0.393 e. The van der Waals surface area contributed by atoms with E-state index in [0.29, 0.717) is 6.04 Å². The molecule has 0 aliphatic carbocycles. The lowest BCUT2D eigenvalue weighted by molar-refractivity contribution is 0.170. The van der Waals surface area contributed by atoms with Gasteiger partial charge in [0.05, 0.1) is 17.5 Å². The molecule has 86 valence electrons. The summed E-state index contributed by atoms with van der Waals surface area (Å²) < 4.78 is 1.89. The van der Waals surface area contributed by atoms with Gasteiger partial charge in [-0.05, 0) is 33.3 Å². The number of aryl methyl sites for hydroxylation is 2. The van der Waals surface area contributed by atoms with Gasteiger partial charge >= 0.3 is 0 Å². The molecule has 0 aromatic carbocycles. The van der Waals surface area contributed by atoms with Crippen LogP contribution in [0.4, 0.5) is 0 Å². The first kappa shape index (κ1) is 12.2. The molecule has 0 fully saturated rings. The first-order chi connectivity index (χ1) is 6.99. The standard InChI is InChI=1S/C11H21N3O/c1-8(5-10(3)15)12-7-11-6-9(2)13-14(11)4/h6,8,10,12,15H,5,7H2,1-4H3. The Kier molecular flexibility index (Phi) is 4.29. The fourth-order valence-electron chi connectivity index (χ4n) is 1.70. The van der Waals surface area contributed by atoms with E-state index in [2.05, 4.69) is 23.4 Å². The van der Waals surface area contributed by atoms with Gasteiger partial charge in [-0.1, -0.05) is 0 Å². The van der Waals surface area contributed by atoms with Crippen molar-refractivity contribution in [3.63, 3.8) is 0 Å². The minimum absolute atomic E-state index is 0.249. The summed E-state index contributed by atoms with van der Waals surface area (Å²) in [6, 6.07) is 2.39. The predicted octanol–water partition coefficient (Wildman–Crippen LogP) is 0.978. The van der Waals surface area contributed by atoms with Crippen LogP contribution in [0.25, 0.3) is 0 Å².